The third-order valence-electron chi connectivity index (χ3n) is 7.33. The number of benzene rings is 2. The summed E-state index contributed by atoms with van der Waals surface area (Å²) in [6, 6.07) is 10.3. The van der Waals surface area contributed by atoms with Crippen molar-refractivity contribution >= 4 is 46.6 Å². The molecule has 0 saturated carbocycles. The van der Waals surface area contributed by atoms with Gasteiger partial charge in [-0.3, -0.25) is 4.79 Å². The SMILES string of the molecule is CO[C@H]1CN(C)C(=O)c2ccc(NC(=O)Nc3ccc(Cl)cc3)cc2OC[C@H](C)N(C(=O)Nc2c(C)noc2C)C[C@H]1C. The number of halogens is 1. The van der Waals surface area contributed by atoms with Crippen molar-refractivity contribution in [1.29, 1.82) is 0 Å². The van der Waals surface area contributed by atoms with Crippen molar-refractivity contribution in [2.24, 2.45) is 5.92 Å². The van der Waals surface area contributed by atoms with Gasteiger partial charge in [0.1, 0.15) is 23.7 Å². The second-order valence-electron chi connectivity index (χ2n) is 10.7. The molecule has 3 N–H and O–H groups in total. The largest absolute Gasteiger partial charge is 0.491 e. The van der Waals surface area contributed by atoms with Gasteiger partial charge < -0.3 is 39.7 Å². The summed E-state index contributed by atoms with van der Waals surface area (Å²) in [5.41, 5.74) is 2.38. The highest BCUT2D eigenvalue weighted by molar-refractivity contribution is 6.30. The summed E-state index contributed by atoms with van der Waals surface area (Å²) >= 11 is 5.93. The zero-order chi connectivity index (χ0) is 31.3. The van der Waals surface area contributed by atoms with Crippen molar-refractivity contribution in [3.05, 3.63) is 64.5 Å². The first kappa shape index (κ1) is 31.6. The van der Waals surface area contributed by atoms with Crippen LogP contribution >= 0.6 is 11.6 Å². The minimum absolute atomic E-state index is 0.0732. The van der Waals surface area contributed by atoms with Crippen molar-refractivity contribution in [3.8, 4) is 5.75 Å². The summed E-state index contributed by atoms with van der Waals surface area (Å²) in [4.78, 5) is 43.0. The molecular weight excluding hydrogens is 576 g/mol. The molecule has 0 aliphatic carbocycles. The lowest BCUT2D eigenvalue weighted by Crippen LogP contribution is -2.50. The van der Waals surface area contributed by atoms with E-state index in [4.69, 9.17) is 25.6 Å². The lowest BCUT2D eigenvalue weighted by Gasteiger charge is -2.36. The number of carbonyl (C=O) groups excluding carboxylic acids is 3. The van der Waals surface area contributed by atoms with Crippen LogP contribution in [0.25, 0.3) is 0 Å². The molecule has 12 nitrogen and oxygen atoms in total. The van der Waals surface area contributed by atoms with Crippen LogP contribution in [0, 0.1) is 19.8 Å². The molecule has 3 aromatic rings. The fraction of sp³-hybridized carbons (Fsp3) is 0.400. The van der Waals surface area contributed by atoms with Gasteiger partial charge in [0.25, 0.3) is 5.91 Å². The van der Waals surface area contributed by atoms with Crippen LogP contribution in [-0.2, 0) is 4.74 Å². The zero-order valence-electron chi connectivity index (χ0n) is 25.1. The molecule has 3 atom stereocenters. The normalized spacial score (nSPS) is 19.4. The van der Waals surface area contributed by atoms with Gasteiger partial charge in [0, 0.05) is 55.6 Å². The first-order chi connectivity index (χ1) is 20.5. The highest BCUT2D eigenvalue weighted by Gasteiger charge is 2.31. The molecule has 2 aromatic carbocycles. The Labute approximate surface area is 255 Å². The van der Waals surface area contributed by atoms with E-state index in [2.05, 4.69) is 21.1 Å². The molecule has 0 spiro atoms. The standard InChI is InChI=1S/C30H37ClN6O6/c1-17-14-37(30(40)34-27-19(3)35-43-20(27)4)18(2)16-42-25-13-23(33-29(39)32-22-9-7-21(31)8-10-22)11-12-24(25)28(38)36(5)15-26(17)41-6/h7-13,17-18,26H,14-16H2,1-6H3,(H,34,40)(H2,32,33,39)/t17-,18+,26+/m1/s1. The van der Waals surface area contributed by atoms with Crippen LogP contribution in [0.4, 0.5) is 26.7 Å². The lowest BCUT2D eigenvalue weighted by atomic mass is 10.0. The first-order valence-corrected chi connectivity index (χ1v) is 14.2. The van der Waals surface area contributed by atoms with Crippen molar-refractivity contribution in [2.75, 3.05) is 49.8 Å². The Morgan fingerprint density at radius 3 is 2.35 bits per heavy atom. The second-order valence-corrected chi connectivity index (χ2v) is 11.1. The fourth-order valence-electron chi connectivity index (χ4n) is 4.80. The van der Waals surface area contributed by atoms with Crippen LogP contribution < -0.4 is 20.7 Å². The van der Waals surface area contributed by atoms with Crippen molar-refractivity contribution in [1.82, 2.24) is 15.0 Å². The Morgan fingerprint density at radius 2 is 1.70 bits per heavy atom. The number of likely N-dealkylation sites (N-methyl/N-ethyl adjacent to an activating group) is 1. The van der Waals surface area contributed by atoms with E-state index in [9.17, 15) is 14.4 Å². The number of nitrogens with zero attached hydrogens (tertiary/aromatic N) is 3. The molecule has 1 aromatic heterocycles. The van der Waals surface area contributed by atoms with Gasteiger partial charge in [-0.05, 0) is 57.2 Å². The highest BCUT2D eigenvalue weighted by atomic mass is 35.5. The number of rotatable bonds is 4. The summed E-state index contributed by atoms with van der Waals surface area (Å²) in [5.74, 6) is 0.383. The molecular formula is C30H37ClN6O6. The number of aromatic nitrogens is 1. The predicted octanol–water partition coefficient (Wildman–Crippen LogP) is 5.63. The van der Waals surface area contributed by atoms with Crippen LogP contribution in [0.1, 0.15) is 35.7 Å². The Balaban J connectivity index is 1.60. The van der Waals surface area contributed by atoms with E-state index < -0.39 is 12.1 Å². The fourth-order valence-corrected chi connectivity index (χ4v) is 4.93. The number of aryl methyl sites for hydroxylation is 2. The molecule has 1 aliphatic rings. The van der Waals surface area contributed by atoms with E-state index in [-0.39, 0.29) is 42.9 Å². The van der Waals surface area contributed by atoms with E-state index in [0.29, 0.717) is 45.6 Å². The topological polar surface area (TPSA) is 138 Å². The van der Waals surface area contributed by atoms with E-state index in [0.717, 1.165) is 0 Å². The number of ether oxygens (including phenoxy) is 2. The van der Waals surface area contributed by atoms with E-state index >= 15 is 0 Å². The lowest BCUT2D eigenvalue weighted by molar-refractivity contribution is 0.0174. The van der Waals surface area contributed by atoms with Gasteiger partial charge in [-0.25, -0.2) is 9.59 Å². The average Bonchev–Trinajstić information content (AvgIpc) is 3.29. The molecule has 13 heteroatoms. The minimum atomic E-state index is -0.480. The Kier molecular flexibility index (Phi) is 10.1. The number of methoxy groups -OCH3 is 1. The molecule has 230 valence electrons. The van der Waals surface area contributed by atoms with Crippen LogP contribution in [-0.4, -0.2) is 78.9 Å². The van der Waals surface area contributed by atoms with Gasteiger partial charge >= 0.3 is 12.1 Å². The van der Waals surface area contributed by atoms with Gasteiger partial charge in [0.15, 0.2) is 5.76 Å². The quantitative estimate of drug-likeness (QED) is 0.347. The molecule has 0 bridgehead atoms. The molecule has 43 heavy (non-hydrogen) atoms. The molecule has 0 radical (unpaired) electrons. The minimum Gasteiger partial charge on any atom is -0.491 e. The van der Waals surface area contributed by atoms with Crippen molar-refractivity contribution < 1.29 is 28.4 Å². The van der Waals surface area contributed by atoms with Gasteiger partial charge in [-0.2, -0.15) is 0 Å². The maximum atomic E-state index is 13.6. The highest BCUT2D eigenvalue weighted by Crippen LogP contribution is 2.28. The number of anilines is 3. The molecule has 2 heterocycles. The van der Waals surface area contributed by atoms with Crippen LogP contribution in [0.15, 0.2) is 47.0 Å². The van der Waals surface area contributed by atoms with Crippen LogP contribution in [0.2, 0.25) is 5.02 Å². The monoisotopic (exact) mass is 612 g/mol. The van der Waals surface area contributed by atoms with Gasteiger partial charge in [-0.15, -0.1) is 0 Å². The summed E-state index contributed by atoms with van der Waals surface area (Å²) in [6.45, 7) is 8.01. The summed E-state index contributed by atoms with van der Waals surface area (Å²) in [6.07, 6.45) is -0.350. The van der Waals surface area contributed by atoms with E-state index in [1.807, 2.05) is 13.8 Å². The summed E-state index contributed by atoms with van der Waals surface area (Å²) in [5, 5.41) is 12.9. The average molecular weight is 613 g/mol. The maximum Gasteiger partial charge on any atom is 0.323 e. The van der Waals surface area contributed by atoms with Gasteiger partial charge in [-0.1, -0.05) is 23.7 Å². The second kappa shape index (κ2) is 13.8. The molecule has 0 unspecified atom stereocenters. The number of carbonyl (C=O) groups is 3. The number of hydrogen-bond acceptors (Lipinski definition) is 7. The maximum absolute atomic E-state index is 13.6. The third kappa shape index (κ3) is 7.76. The summed E-state index contributed by atoms with van der Waals surface area (Å²) < 4.78 is 17.2. The molecule has 5 amide bonds. The number of urea groups is 2. The Bertz CT molecular complexity index is 1440. The molecule has 4 rings (SSSR count). The van der Waals surface area contributed by atoms with Crippen LogP contribution in [0.3, 0.4) is 0 Å². The van der Waals surface area contributed by atoms with E-state index in [1.165, 1.54) is 0 Å². The number of nitrogens with one attached hydrogen (secondary N) is 3. The number of amides is 5. The first-order valence-electron chi connectivity index (χ1n) is 13.9. The molecule has 0 saturated heterocycles. The Morgan fingerprint density at radius 1 is 1.02 bits per heavy atom. The summed E-state index contributed by atoms with van der Waals surface area (Å²) in [7, 11) is 3.28. The Hall–Kier alpha value is -4.29. The smallest absolute Gasteiger partial charge is 0.323 e. The van der Waals surface area contributed by atoms with Crippen molar-refractivity contribution in [3.63, 3.8) is 0 Å². The number of fused-ring (bicyclic) bond motifs is 1. The van der Waals surface area contributed by atoms with Crippen molar-refractivity contribution in [2.45, 2.75) is 39.8 Å². The molecule has 0 fully saturated rings. The zero-order valence-corrected chi connectivity index (χ0v) is 25.8. The number of hydrogen-bond donors (Lipinski definition) is 3. The molecule has 1 aliphatic heterocycles. The van der Waals surface area contributed by atoms with Gasteiger partial charge in [0.2, 0.25) is 0 Å². The predicted molar refractivity (Wildman–Crippen MR) is 164 cm³/mol. The van der Waals surface area contributed by atoms with Crippen LogP contribution in [0.5, 0.6) is 5.75 Å². The third-order valence-corrected chi connectivity index (χ3v) is 7.58. The van der Waals surface area contributed by atoms with E-state index in [1.54, 1.807) is 80.3 Å². The van der Waals surface area contributed by atoms with Gasteiger partial charge in [0.05, 0.1) is 17.7 Å².